The normalized spacial score (nSPS) is 20.2. The Kier molecular flexibility index (Phi) is 9.05. The summed E-state index contributed by atoms with van der Waals surface area (Å²) in [6, 6.07) is 2.02. The van der Waals surface area contributed by atoms with Crippen molar-refractivity contribution in [1.29, 1.82) is 0 Å². The van der Waals surface area contributed by atoms with Crippen molar-refractivity contribution in [2.75, 3.05) is 37.2 Å². The maximum Gasteiger partial charge on any atom is 0.421 e. The topological polar surface area (TPSA) is 144 Å². The zero-order valence-electron chi connectivity index (χ0n) is 22.4. The van der Waals surface area contributed by atoms with Crippen molar-refractivity contribution in [2.24, 2.45) is 0 Å². The lowest BCUT2D eigenvalue weighted by Crippen LogP contribution is -2.43. The first kappa shape index (κ1) is 29.8. The van der Waals surface area contributed by atoms with Crippen molar-refractivity contribution in [3.05, 3.63) is 35.0 Å². The quantitative estimate of drug-likeness (QED) is 0.348. The van der Waals surface area contributed by atoms with Gasteiger partial charge in [-0.15, -0.1) is 0 Å². The molecule has 220 valence electrons. The number of methoxy groups -OCH3 is 1. The van der Waals surface area contributed by atoms with E-state index in [1.165, 1.54) is 7.11 Å². The predicted molar refractivity (Wildman–Crippen MR) is 142 cm³/mol. The number of ether oxygens (including phenoxy) is 2. The first-order valence-electron chi connectivity index (χ1n) is 12.9. The zero-order chi connectivity index (χ0) is 29.1. The second kappa shape index (κ2) is 12.1. The molecule has 15 heteroatoms. The summed E-state index contributed by atoms with van der Waals surface area (Å²) in [4.78, 5) is 20.9. The molecule has 2 aromatic rings. The monoisotopic (exact) mass is 586 g/mol. The van der Waals surface area contributed by atoms with Gasteiger partial charge in [0.1, 0.15) is 17.1 Å². The van der Waals surface area contributed by atoms with E-state index < -0.39 is 39.7 Å². The number of nitrogens with zero attached hydrogens (tertiary/aromatic N) is 2. The highest BCUT2D eigenvalue weighted by atomic mass is 32.2. The molecular formula is C25H33F3N6O5S. The molecule has 1 unspecified atom stereocenters. The zero-order valence-corrected chi connectivity index (χ0v) is 23.2. The van der Waals surface area contributed by atoms with E-state index in [2.05, 4.69) is 30.6 Å². The molecule has 0 spiro atoms. The molecule has 1 saturated heterocycles. The van der Waals surface area contributed by atoms with E-state index in [1.807, 2.05) is 0 Å². The summed E-state index contributed by atoms with van der Waals surface area (Å²) < 4.78 is 78.1. The average Bonchev–Trinajstić information content (AvgIpc) is 3.28. The highest BCUT2D eigenvalue weighted by Crippen LogP contribution is 2.37. The average molecular weight is 587 g/mol. The van der Waals surface area contributed by atoms with Crippen molar-refractivity contribution in [2.45, 2.75) is 63.3 Å². The second-order valence-electron chi connectivity index (χ2n) is 9.98. The summed E-state index contributed by atoms with van der Waals surface area (Å²) in [5.74, 6) is -0.604. The van der Waals surface area contributed by atoms with Gasteiger partial charge < -0.3 is 25.4 Å². The molecule has 2 aliphatic rings. The number of sulfonamides is 1. The van der Waals surface area contributed by atoms with Crippen molar-refractivity contribution in [3.63, 3.8) is 0 Å². The minimum absolute atomic E-state index is 0.00279. The van der Waals surface area contributed by atoms with E-state index in [1.54, 1.807) is 19.1 Å². The number of carbonyl (C=O) groups excluding carboxylic acids is 1. The Hall–Kier alpha value is -3.17. The number of aryl methyl sites for hydroxylation is 1. The minimum Gasteiger partial charge on any atom is -0.495 e. The predicted octanol–water partition coefficient (Wildman–Crippen LogP) is 3.35. The van der Waals surface area contributed by atoms with Gasteiger partial charge in [0.05, 0.1) is 19.1 Å². The fourth-order valence-corrected chi connectivity index (χ4v) is 5.74. The maximum atomic E-state index is 13.8. The Balaban J connectivity index is 1.58. The number of alkyl halides is 3. The third-order valence-corrected chi connectivity index (χ3v) is 7.62. The lowest BCUT2D eigenvalue weighted by Gasteiger charge is -2.24. The molecule has 0 bridgehead atoms. The van der Waals surface area contributed by atoms with E-state index in [0.717, 1.165) is 19.1 Å². The van der Waals surface area contributed by atoms with E-state index in [0.29, 0.717) is 55.5 Å². The van der Waals surface area contributed by atoms with Gasteiger partial charge in [-0.3, -0.25) is 4.79 Å². The smallest absolute Gasteiger partial charge is 0.421 e. The summed E-state index contributed by atoms with van der Waals surface area (Å²) in [6.45, 7) is 2.89. The molecule has 1 aliphatic carbocycles. The Bertz CT molecular complexity index is 1330. The van der Waals surface area contributed by atoms with Crippen LogP contribution >= 0.6 is 0 Å². The number of aromatic nitrogens is 2. The van der Waals surface area contributed by atoms with Gasteiger partial charge in [0, 0.05) is 43.1 Å². The Morgan fingerprint density at radius 1 is 1.12 bits per heavy atom. The largest absolute Gasteiger partial charge is 0.495 e. The van der Waals surface area contributed by atoms with Crippen LogP contribution in [0.3, 0.4) is 0 Å². The standard InChI is InChI=1S/C25H33F3N6O5S/c1-14-11-20(21(38-2)12-16(14)23(35)30-15-7-9-39-10-8-15)32-24-29-13-17(25(26,27)28)22(33-24)31-18-5-4-6-19(18)34-40(3,36)37/h11-13,15,18-19,34H,4-10H2,1-3H3,(H,30,35)(H2,29,31,32,33)/t18-,19?/m1/s1. The molecular weight excluding hydrogens is 553 g/mol. The van der Waals surface area contributed by atoms with Gasteiger partial charge in [0.25, 0.3) is 5.91 Å². The number of anilines is 3. The fourth-order valence-electron chi connectivity index (χ4n) is 4.91. The van der Waals surface area contributed by atoms with Crippen LogP contribution in [0.25, 0.3) is 0 Å². The first-order valence-corrected chi connectivity index (χ1v) is 14.8. The molecule has 40 heavy (non-hydrogen) atoms. The molecule has 4 rings (SSSR count). The summed E-state index contributed by atoms with van der Waals surface area (Å²) >= 11 is 0. The first-order chi connectivity index (χ1) is 18.8. The molecule has 2 fully saturated rings. The number of carbonyl (C=O) groups is 1. The summed E-state index contributed by atoms with van der Waals surface area (Å²) in [6.07, 6.45) is -0.0640. The van der Waals surface area contributed by atoms with Crippen LogP contribution in [-0.4, -0.2) is 69.0 Å². The van der Waals surface area contributed by atoms with Gasteiger partial charge in [-0.2, -0.15) is 18.2 Å². The van der Waals surface area contributed by atoms with Crippen molar-refractivity contribution >= 4 is 33.4 Å². The third-order valence-electron chi connectivity index (χ3n) is 6.89. The molecule has 1 saturated carbocycles. The molecule has 2 heterocycles. The fraction of sp³-hybridized carbons (Fsp3) is 0.560. The number of amides is 1. The molecule has 2 atom stereocenters. The van der Waals surface area contributed by atoms with Crippen LogP contribution in [0.4, 0.5) is 30.6 Å². The van der Waals surface area contributed by atoms with Gasteiger partial charge >= 0.3 is 6.18 Å². The summed E-state index contributed by atoms with van der Waals surface area (Å²) in [5, 5.41) is 8.68. The summed E-state index contributed by atoms with van der Waals surface area (Å²) in [7, 11) is -2.15. The number of hydrogen-bond acceptors (Lipinski definition) is 9. The molecule has 4 N–H and O–H groups in total. The number of rotatable bonds is 9. The van der Waals surface area contributed by atoms with E-state index in [-0.39, 0.29) is 23.6 Å². The number of hydrogen-bond donors (Lipinski definition) is 4. The summed E-state index contributed by atoms with van der Waals surface area (Å²) in [5.41, 5.74) is 0.283. The molecule has 1 aliphatic heterocycles. The van der Waals surface area contributed by atoms with Crippen LogP contribution in [0.2, 0.25) is 0 Å². The van der Waals surface area contributed by atoms with E-state index in [4.69, 9.17) is 9.47 Å². The van der Waals surface area contributed by atoms with E-state index >= 15 is 0 Å². The lowest BCUT2D eigenvalue weighted by atomic mass is 10.0. The number of nitrogens with one attached hydrogen (secondary N) is 4. The van der Waals surface area contributed by atoms with Gasteiger partial charge in [-0.05, 0) is 56.7 Å². The molecule has 1 aromatic heterocycles. The number of halogens is 3. The molecule has 1 amide bonds. The third kappa shape index (κ3) is 7.52. The van der Waals surface area contributed by atoms with Crippen LogP contribution < -0.4 is 25.4 Å². The van der Waals surface area contributed by atoms with E-state index in [9.17, 15) is 26.4 Å². The van der Waals surface area contributed by atoms with Gasteiger partial charge in [-0.25, -0.2) is 18.1 Å². The van der Waals surface area contributed by atoms with Crippen molar-refractivity contribution in [1.82, 2.24) is 20.0 Å². The van der Waals surface area contributed by atoms with Gasteiger partial charge in [-0.1, -0.05) is 0 Å². The van der Waals surface area contributed by atoms with Crippen LogP contribution in [0.5, 0.6) is 5.75 Å². The molecule has 11 nitrogen and oxygen atoms in total. The molecule has 1 aromatic carbocycles. The highest BCUT2D eigenvalue weighted by Gasteiger charge is 2.38. The second-order valence-corrected chi connectivity index (χ2v) is 11.8. The minimum atomic E-state index is -4.74. The van der Waals surface area contributed by atoms with Crippen LogP contribution in [-0.2, 0) is 20.9 Å². The Morgan fingerprint density at radius 2 is 1.82 bits per heavy atom. The lowest BCUT2D eigenvalue weighted by molar-refractivity contribution is -0.137. The highest BCUT2D eigenvalue weighted by molar-refractivity contribution is 7.88. The molecule has 0 radical (unpaired) electrons. The van der Waals surface area contributed by atoms with Crippen LogP contribution in [0.15, 0.2) is 18.3 Å². The van der Waals surface area contributed by atoms with Crippen LogP contribution in [0, 0.1) is 6.92 Å². The SMILES string of the molecule is COc1cc(C(=O)NC2CCOCC2)c(C)cc1Nc1ncc(C(F)(F)F)c(N[C@@H]2CCCC2NS(C)(=O)=O)n1. The number of benzene rings is 1. The Labute approximate surface area is 230 Å². The van der Waals surface area contributed by atoms with Gasteiger partial charge in [0.2, 0.25) is 16.0 Å². The Morgan fingerprint density at radius 3 is 2.48 bits per heavy atom. The van der Waals surface area contributed by atoms with Crippen molar-refractivity contribution in [3.8, 4) is 5.75 Å². The maximum absolute atomic E-state index is 13.8. The van der Waals surface area contributed by atoms with Gasteiger partial charge in [0.15, 0.2) is 0 Å². The van der Waals surface area contributed by atoms with Crippen LogP contribution in [0.1, 0.15) is 53.6 Å². The van der Waals surface area contributed by atoms with Crippen molar-refractivity contribution < 1.29 is 35.9 Å².